The summed E-state index contributed by atoms with van der Waals surface area (Å²) in [6.07, 6.45) is 3.92. The summed E-state index contributed by atoms with van der Waals surface area (Å²) >= 11 is 1.42. The van der Waals surface area contributed by atoms with Crippen molar-refractivity contribution in [1.82, 2.24) is 9.97 Å². The maximum Gasteiger partial charge on any atom is 0.255 e. The molecule has 0 aliphatic heterocycles. The molecule has 0 amide bonds. The predicted molar refractivity (Wildman–Crippen MR) is 83.6 cm³/mol. The lowest BCUT2D eigenvalue weighted by atomic mass is 10.0. The molecular formula is C16H14N2O2S. The fraction of sp³-hybridized carbons (Fsp3) is 0.125. The maximum atomic E-state index is 12.4. The van der Waals surface area contributed by atoms with Gasteiger partial charge in [0.2, 0.25) is 0 Å². The van der Waals surface area contributed by atoms with E-state index in [0.717, 1.165) is 11.3 Å². The number of aromatic amines is 1. The molecule has 0 saturated heterocycles. The molecule has 3 rings (SSSR count). The van der Waals surface area contributed by atoms with E-state index < -0.39 is 0 Å². The van der Waals surface area contributed by atoms with E-state index in [2.05, 4.69) is 9.97 Å². The zero-order valence-electron chi connectivity index (χ0n) is 11.5. The minimum Gasteiger partial charge on any atom is -0.469 e. The number of aromatic nitrogens is 2. The first kappa shape index (κ1) is 13.7. The van der Waals surface area contributed by atoms with Gasteiger partial charge in [-0.2, -0.15) is 0 Å². The number of hydrogen-bond acceptors (Lipinski definition) is 4. The lowest BCUT2D eigenvalue weighted by molar-refractivity contribution is 0.520. The third-order valence-electron chi connectivity index (χ3n) is 3.17. The molecular weight excluding hydrogens is 284 g/mol. The van der Waals surface area contributed by atoms with Crippen LogP contribution in [0.25, 0.3) is 11.3 Å². The van der Waals surface area contributed by atoms with E-state index in [4.69, 9.17) is 4.42 Å². The van der Waals surface area contributed by atoms with E-state index in [1.807, 2.05) is 48.7 Å². The summed E-state index contributed by atoms with van der Waals surface area (Å²) in [6, 6.07) is 13.4. The highest BCUT2D eigenvalue weighted by atomic mass is 32.2. The zero-order valence-corrected chi connectivity index (χ0v) is 12.3. The van der Waals surface area contributed by atoms with Gasteiger partial charge in [0.1, 0.15) is 5.76 Å². The highest BCUT2D eigenvalue weighted by Crippen LogP contribution is 2.23. The van der Waals surface area contributed by atoms with Crippen LogP contribution in [0.3, 0.4) is 0 Å². The first-order chi connectivity index (χ1) is 10.3. The molecule has 0 radical (unpaired) electrons. The second-order valence-corrected chi connectivity index (χ2v) is 5.32. The van der Waals surface area contributed by atoms with Crippen molar-refractivity contribution in [3.63, 3.8) is 0 Å². The number of nitrogens with one attached hydrogen (secondary N) is 1. The third kappa shape index (κ3) is 2.92. The molecule has 21 heavy (non-hydrogen) atoms. The Balaban J connectivity index is 2.15. The second-order valence-electron chi connectivity index (χ2n) is 4.52. The van der Waals surface area contributed by atoms with Crippen LogP contribution >= 0.6 is 11.8 Å². The zero-order chi connectivity index (χ0) is 14.7. The van der Waals surface area contributed by atoms with Crippen LogP contribution in [-0.4, -0.2) is 16.2 Å². The lowest BCUT2D eigenvalue weighted by Gasteiger charge is -2.08. The number of rotatable bonds is 4. The van der Waals surface area contributed by atoms with Crippen molar-refractivity contribution in [3.8, 4) is 11.3 Å². The molecule has 0 saturated carbocycles. The SMILES string of the molecule is CSc1nc(-c2ccccc2)c(Cc2ccco2)c(=O)[nH]1. The van der Waals surface area contributed by atoms with Gasteiger partial charge in [-0.15, -0.1) is 0 Å². The molecule has 5 heteroatoms. The van der Waals surface area contributed by atoms with Crippen LogP contribution in [0.4, 0.5) is 0 Å². The van der Waals surface area contributed by atoms with Gasteiger partial charge >= 0.3 is 0 Å². The van der Waals surface area contributed by atoms with E-state index >= 15 is 0 Å². The third-order valence-corrected chi connectivity index (χ3v) is 3.75. The van der Waals surface area contributed by atoms with Gasteiger partial charge in [0, 0.05) is 12.0 Å². The first-order valence-corrected chi connectivity index (χ1v) is 7.75. The largest absolute Gasteiger partial charge is 0.469 e. The number of nitrogens with zero attached hydrogens (tertiary/aromatic N) is 1. The van der Waals surface area contributed by atoms with E-state index in [0.29, 0.717) is 22.8 Å². The molecule has 1 N–H and O–H groups in total. The Morgan fingerprint density at radius 1 is 1.19 bits per heavy atom. The Hall–Kier alpha value is -2.27. The van der Waals surface area contributed by atoms with Crippen molar-refractivity contribution in [1.29, 1.82) is 0 Å². The first-order valence-electron chi connectivity index (χ1n) is 6.53. The highest BCUT2D eigenvalue weighted by molar-refractivity contribution is 7.98. The van der Waals surface area contributed by atoms with Crippen molar-refractivity contribution in [3.05, 3.63) is 70.4 Å². The average molecular weight is 298 g/mol. The molecule has 0 aliphatic rings. The monoisotopic (exact) mass is 298 g/mol. The number of thioether (sulfide) groups is 1. The maximum absolute atomic E-state index is 12.4. The molecule has 0 aliphatic carbocycles. The summed E-state index contributed by atoms with van der Waals surface area (Å²) in [5.74, 6) is 0.747. The predicted octanol–water partition coefficient (Wildman–Crippen LogP) is 3.34. The van der Waals surface area contributed by atoms with Crippen molar-refractivity contribution in [2.75, 3.05) is 6.26 Å². The van der Waals surface area contributed by atoms with Crippen LogP contribution in [-0.2, 0) is 6.42 Å². The Morgan fingerprint density at radius 2 is 2.00 bits per heavy atom. The summed E-state index contributed by atoms with van der Waals surface area (Å²) < 4.78 is 5.35. The highest BCUT2D eigenvalue weighted by Gasteiger charge is 2.14. The van der Waals surface area contributed by atoms with Crippen molar-refractivity contribution in [2.45, 2.75) is 11.6 Å². The van der Waals surface area contributed by atoms with Crippen LogP contribution in [0.1, 0.15) is 11.3 Å². The molecule has 3 aromatic rings. The molecule has 0 fully saturated rings. The Bertz CT molecular complexity index is 780. The minimum atomic E-state index is -0.121. The van der Waals surface area contributed by atoms with Gasteiger partial charge in [-0.3, -0.25) is 4.79 Å². The van der Waals surface area contributed by atoms with Crippen LogP contribution < -0.4 is 5.56 Å². The average Bonchev–Trinajstić information content (AvgIpc) is 3.03. The Kier molecular flexibility index (Phi) is 3.92. The van der Waals surface area contributed by atoms with E-state index in [-0.39, 0.29) is 5.56 Å². The van der Waals surface area contributed by atoms with Crippen LogP contribution in [0.15, 0.2) is 63.1 Å². The number of furan rings is 1. The molecule has 4 nitrogen and oxygen atoms in total. The Morgan fingerprint density at radius 3 is 2.67 bits per heavy atom. The number of H-pyrrole nitrogens is 1. The van der Waals surface area contributed by atoms with Gasteiger partial charge in [0.25, 0.3) is 5.56 Å². The Labute approximate surface area is 126 Å². The van der Waals surface area contributed by atoms with Crippen LogP contribution in [0, 0.1) is 0 Å². The van der Waals surface area contributed by atoms with Gasteiger partial charge in [0.05, 0.1) is 17.5 Å². The van der Waals surface area contributed by atoms with Gasteiger partial charge < -0.3 is 9.40 Å². The second kappa shape index (κ2) is 6.01. The molecule has 0 bridgehead atoms. The van der Waals surface area contributed by atoms with Gasteiger partial charge in [0.15, 0.2) is 5.16 Å². The summed E-state index contributed by atoms with van der Waals surface area (Å²) in [5.41, 5.74) is 2.14. The fourth-order valence-corrected chi connectivity index (χ4v) is 2.54. The topological polar surface area (TPSA) is 58.9 Å². The smallest absolute Gasteiger partial charge is 0.255 e. The van der Waals surface area contributed by atoms with E-state index in [9.17, 15) is 4.79 Å². The number of hydrogen-bond donors (Lipinski definition) is 1. The summed E-state index contributed by atoms with van der Waals surface area (Å²) in [6.45, 7) is 0. The van der Waals surface area contributed by atoms with Crippen molar-refractivity contribution in [2.24, 2.45) is 0 Å². The summed E-state index contributed by atoms with van der Waals surface area (Å²) in [5, 5.41) is 0.613. The molecule has 0 atom stereocenters. The summed E-state index contributed by atoms with van der Waals surface area (Å²) in [7, 11) is 0. The normalized spacial score (nSPS) is 10.7. The summed E-state index contributed by atoms with van der Waals surface area (Å²) in [4.78, 5) is 19.7. The van der Waals surface area contributed by atoms with E-state index in [1.165, 1.54) is 11.8 Å². The van der Waals surface area contributed by atoms with Crippen molar-refractivity contribution >= 4 is 11.8 Å². The lowest BCUT2D eigenvalue weighted by Crippen LogP contribution is -2.17. The molecule has 0 spiro atoms. The molecule has 0 unspecified atom stereocenters. The van der Waals surface area contributed by atoms with Crippen LogP contribution in [0.5, 0.6) is 0 Å². The quantitative estimate of drug-likeness (QED) is 0.593. The fourth-order valence-electron chi connectivity index (χ4n) is 2.16. The molecule has 1 aromatic carbocycles. The van der Waals surface area contributed by atoms with Gasteiger partial charge in [-0.25, -0.2) is 4.98 Å². The molecule has 2 aromatic heterocycles. The standard InChI is InChI=1S/C16H14N2O2S/c1-21-16-17-14(11-6-3-2-4-7-11)13(15(19)18-16)10-12-8-5-9-20-12/h2-9H,10H2,1H3,(H,17,18,19). The van der Waals surface area contributed by atoms with Gasteiger partial charge in [-0.05, 0) is 18.4 Å². The van der Waals surface area contributed by atoms with E-state index in [1.54, 1.807) is 6.26 Å². The van der Waals surface area contributed by atoms with Crippen molar-refractivity contribution < 1.29 is 4.42 Å². The van der Waals surface area contributed by atoms with Gasteiger partial charge in [-0.1, -0.05) is 42.1 Å². The number of benzene rings is 1. The molecule has 106 valence electrons. The van der Waals surface area contributed by atoms with Crippen LogP contribution in [0.2, 0.25) is 0 Å². The minimum absolute atomic E-state index is 0.121. The molecule has 2 heterocycles.